The average molecular weight is 386 g/mol. The Bertz CT molecular complexity index is 754. The second-order valence-electron chi connectivity index (χ2n) is 7.81. The maximum atomic E-state index is 13.2. The Morgan fingerprint density at radius 3 is 2.50 bits per heavy atom. The zero-order valence-electron chi connectivity index (χ0n) is 17.0. The van der Waals surface area contributed by atoms with E-state index in [1.807, 2.05) is 49.9 Å². The molecular formula is C22H30N2O4. The molecule has 1 atom stereocenters. The van der Waals surface area contributed by atoms with Crippen LogP contribution in [0.1, 0.15) is 45.6 Å². The Labute approximate surface area is 166 Å². The molecule has 0 aromatic heterocycles. The molecule has 3 rings (SSSR count). The second-order valence-corrected chi connectivity index (χ2v) is 7.81. The normalized spacial score (nSPS) is 20.5. The molecule has 1 unspecified atom stereocenters. The van der Waals surface area contributed by atoms with Gasteiger partial charge < -0.3 is 14.7 Å². The molecule has 152 valence electrons. The number of piperidine rings is 1. The minimum Gasteiger partial charge on any atom is -0.494 e. The maximum Gasteiger partial charge on any atom is 0.278 e. The third kappa shape index (κ3) is 3.92. The summed E-state index contributed by atoms with van der Waals surface area (Å²) in [6.45, 7) is 7.80. The Kier molecular flexibility index (Phi) is 6.39. The summed E-state index contributed by atoms with van der Waals surface area (Å²) in [4.78, 5) is 29.7. The third-order valence-electron chi connectivity index (χ3n) is 5.32. The van der Waals surface area contributed by atoms with E-state index in [2.05, 4.69) is 0 Å². The van der Waals surface area contributed by atoms with Gasteiger partial charge in [0.2, 0.25) is 0 Å². The van der Waals surface area contributed by atoms with Crippen LogP contribution in [0.25, 0.3) is 5.57 Å². The summed E-state index contributed by atoms with van der Waals surface area (Å²) in [6, 6.07) is 7.18. The van der Waals surface area contributed by atoms with Gasteiger partial charge in [-0.05, 0) is 56.7 Å². The van der Waals surface area contributed by atoms with Gasteiger partial charge in [-0.1, -0.05) is 19.1 Å². The molecule has 2 aliphatic rings. The Balaban J connectivity index is 1.99. The number of rotatable bonds is 7. The van der Waals surface area contributed by atoms with Gasteiger partial charge >= 0.3 is 0 Å². The summed E-state index contributed by atoms with van der Waals surface area (Å²) >= 11 is 0. The van der Waals surface area contributed by atoms with Crippen molar-refractivity contribution in [1.82, 2.24) is 9.80 Å². The fraction of sp³-hybridized carbons (Fsp3) is 0.545. The van der Waals surface area contributed by atoms with Gasteiger partial charge in [-0.15, -0.1) is 0 Å². The van der Waals surface area contributed by atoms with Crippen LogP contribution < -0.4 is 4.74 Å². The van der Waals surface area contributed by atoms with Gasteiger partial charge in [0.05, 0.1) is 12.2 Å². The first-order chi connectivity index (χ1) is 13.5. The van der Waals surface area contributed by atoms with Crippen LogP contribution in [0.3, 0.4) is 0 Å². The van der Waals surface area contributed by atoms with Crippen LogP contribution in [0.4, 0.5) is 0 Å². The number of hydrogen-bond acceptors (Lipinski definition) is 5. The average Bonchev–Trinajstić information content (AvgIpc) is 2.97. The Hall–Kier alpha value is -2.34. The van der Waals surface area contributed by atoms with E-state index in [4.69, 9.17) is 4.74 Å². The molecule has 1 fully saturated rings. The number of nitrogens with zero attached hydrogens (tertiary/aromatic N) is 2. The van der Waals surface area contributed by atoms with Crippen LogP contribution in [0.5, 0.6) is 5.75 Å². The lowest BCUT2D eigenvalue weighted by atomic mass is 9.97. The number of benzene rings is 1. The topological polar surface area (TPSA) is 70.1 Å². The third-order valence-corrected chi connectivity index (χ3v) is 5.32. The Morgan fingerprint density at radius 2 is 1.89 bits per heavy atom. The zero-order chi connectivity index (χ0) is 20.3. The summed E-state index contributed by atoms with van der Waals surface area (Å²) in [5.41, 5.74) is 1.66. The van der Waals surface area contributed by atoms with Crippen molar-refractivity contribution in [1.29, 1.82) is 0 Å². The molecule has 0 radical (unpaired) electrons. The highest BCUT2D eigenvalue weighted by Gasteiger charge is 2.43. The summed E-state index contributed by atoms with van der Waals surface area (Å²) in [5, 5.41) is 9.58. The number of ether oxygens (including phenoxy) is 1. The van der Waals surface area contributed by atoms with Gasteiger partial charge in [-0.25, -0.2) is 0 Å². The van der Waals surface area contributed by atoms with Gasteiger partial charge in [0.1, 0.15) is 11.4 Å². The molecule has 1 aromatic carbocycles. The summed E-state index contributed by atoms with van der Waals surface area (Å²) in [6.07, 6.45) is 2.76. The molecular weight excluding hydrogens is 356 g/mol. The number of hydrogen-bond donors (Lipinski definition) is 1. The first-order valence-corrected chi connectivity index (χ1v) is 10.2. The van der Waals surface area contributed by atoms with Gasteiger partial charge in [0.25, 0.3) is 11.8 Å². The zero-order valence-corrected chi connectivity index (χ0v) is 17.0. The number of imide groups is 1. The first-order valence-electron chi connectivity index (χ1n) is 10.2. The molecule has 2 aliphatic heterocycles. The summed E-state index contributed by atoms with van der Waals surface area (Å²) in [7, 11) is 0. The number of aliphatic hydroxyl groups excluding tert-OH is 1. The van der Waals surface area contributed by atoms with Crippen LogP contribution in [-0.4, -0.2) is 59.1 Å². The predicted octanol–water partition coefficient (Wildman–Crippen LogP) is 2.67. The molecule has 28 heavy (non-hydrogen) atoms. The van der Waals surface area contributed by atoms with Crippen molar-refractivity contribution in [2.75, 3.05) is 26.3 Å². The van der Waals surface area contributed by atoms with Crippen molar-refractivity contribution < 1.29 is 19.4 Å². The molecule has 2 heterocycles. The van der Waals surface area contributed by atoms with E-state index < -0.39 is 0 Å². The predicted molar refractivity (Wildman–Crippen MR) is 108 cm³/mol. The van der Waals surface area contributed by atoms with E-state index in [-0.39, 0.29) is 30.4 Å². The fourth-order valence-electron chi connectivity index (χ4n) is 3.91. The number of carbonyl (C=O) groups is 2. The minimum atomic E-state index is -0.247. The smallest absolute Gasteiger partial charge is 0.278 e. The number of aliphatic hydroxyl groups is 1. The van der Waals surface area contributed by atoms with E-state index in [1.165, 1.54) is 4.90 Å². The van der Waals surface area contributed by atoms with Gasteiger partial charge in [0, 0.05) is 25.7 Å². The Morgan fingerprint density at radius 1 is 1.18 bits per heavy atom. The molecule has 0 aliphatic carbocycles. The standard InChI is InChI=1S/C22H30N2O4/c1-4-12-28-18-9-7-17(8-10-18)19-20(22(27)24(15(2)3)21(19)26)23-11-5-6-16(13-23)14-25/h7-10,15-16,25H,4-6,11-14H2,1-3H3. The SMILES string of the molecule is CCCOc1ccc(C2=C(N3CCCC(CO)C3)C(=O)N(C(C)C)C2=O)cc1. The van der Waals surface area contributed by atoms with Crippen LogP contribution in [-0.2, 0) is 9.59 Å². The van der Waals surface area contributed by atoms with E-state index in [0.29, 0.717) is 24.4 Å². The van der Waals surface area contributed by atoms with Crippen molar-refractivity contribution in [2.45, 2.75) is 46.1 Å². The van der Waals surface area contributed by atoms with Crippen LogP contribution in [0.2, 0.25) is 0 Å². The number of likely N-dealkylation sites (tertiary alicyclic amines) is 1. The molecule has 6 heteroatoms. The van der Waals surface area contributed by atoms with E-state index in [0.717, 1.165) is 37.1 Å². The monoisotopic (exact) mass is 386 g/mol. The molecule has 1 aromatic rings. The second kappa shape index (κ2) is 8.78. The molecule has 0 bridgehead atoms. The van der Waals surface area contributed by atoms with E-state index >= 15 is 0 Å². The maximum absolute atomic E-state index is 13.2. The van der Waals surface area contributed by atoms with Crippen LogP contribution in [0.15, 0.2) is 30.0 Å². The van der Waals surface area contributed by atoms with Crippen molar-refractivity contribution in [3.05, 3.63) is 35.5 Å². The lowest BCUT2D eigenvalue weighted by Crippen LogP contribution is -2.42. The van der Waals surface area contributed by atoms with E-state index in [9.17, 15) is 14.7 Å². The quantitative estimate of drug-likeness (QED) is 0.730. The molecule has 0 spiro atoms. The fourth-order valence-corrected chi connectivity index (χ4v) is 3.91. The lowest BCUT2D eigenvalue weighted by Gasteiger charge is -2.34. The van der Waals surface area contributed by atoms with Crippen LogP contribution >= 0.6 is 0 Å². The summed E-state index contributed by atoms with van der Waals surface area (Å²) in [5.74, 6) is 0.398. The van der Waals surface area contributed by atoms with Crippen LogP contribution in [0, 0.1) is 5.92 Å². The first kappa shape index (κ1) is 20.4. The highest BCUT2D eigenvalue weighted by molar-refractivity contribution is 6.35. The summed E-state index contributed by atoms with van der Waals surface area (Å²) < 4.78 is 5.64. The van der Waals surface area contributed by atoms with E-state index in [1.54, 1.807) is 0 Å². The number of carbonyl (C=O) groups excluding carboxylic acids is 2. The van der Waals surface area contributed by atoms with Crippen molar-refractivity contribution >= 4 is 17.4 Å². The highest BCUT2D eigenvalue weighted by Crippen LogP contribution is 2.35. The molecule has 2 amide bonds. The largest absolute Gasteiger partial charge is 0.494 e. The van der Waals surface area contributed by atoms with Crippen molar-refractivity contribution in [3.63, 3.8) is 0 Å². The molecule has 0 saturated carbocycles. The minimum absolute atomic E-state index is 0.0958. The molecule has 6 nitrogen and oxygen atoms in total. The van der Waals surface area contributed by atoms with Gasteiger partial charge in [-0.3, -0.25) is 14.5 Å². The van der Waals surface area contributed by atoms with Crippen molar-refractivity contribution in [3.8, 4) is 5.75 Å². The van der Waals surface area contributed by atoms with Gasteiger partial charge in [-0.2, -0.15) is 0 Å². The lowest BCUT2D eigenvalue weighted by molar-refractivity contribution is -0.139. The number of amides is 2. The molecule has 1 N–H and O–H groups in total. The van der Waals surface area contributed by atoms with Crippen molar-refractivity contribution in [2.24, 2.45) is 5.92 Å². The molecule has 1 saturated heterocycles. The van der Waals surface area contributed by atoms with Gasteiger partial charge in [0.15, 0.2) is 0 Å². The highest BCUT2D eigenvalue weighted by atomic mass is 16.5.